The Morgan fingerprint density at radius 3 is 2.00 bits per heavy atom. The molecule has 0 heterocycles. The van der Waals surface area contributed by atoms with Crippen molar-refractivity contribution in [1.82, 2.24) is 0 Å². The first-order valence-electron chi connectivity index (χ1n) is 7.95. The third-order valence-electron chi connectivity index (χ3n) is 4.82. The quantitative estimate of drug-likeness (QED) is 0.904. The van der Waals surface area contributed by atoms with Crippen molar-refractivity contribution < 1.29 is 13.2 Å². The second-order valence-electron chi connectivity index (χ2n) is 6.71. The highest BCUT2D eigenvalue weighted by Gasteiger charge is 2.69. The van der Waals surface area contributed by atoms with Gasteiger partial charge in [-0.25, -0.2) is 8.42 Å². The maximum atomic E-state index is 13.1. The molecule has 2 N–H and O–H groups in total. The van der Waals surface area contributed by atoms with E-state index in [1.165, 1.54) is 0 Å². The summed E-state index contributed by atoms with van der Waals surface area (Å²) in [6.45, 7) is 4.14. The molecule has 24 heavy (non-hydrogen) atoms. The van der Waals surface area contributed by atoms with E-state index in [4.69, 9.17) is 10.5 Å². The smallest absolute Gasteiger partial charge is 0.183 e. The Bertz CT molecular complexity index is 828. The summed E-state index contributed by atoms with van der Waals surface area (Å²) in [7, 11) is -1.97. The van der Waals surface area contributed by atoms with Crippen molar-refractivity contribution in [1.29, 1.82) is 0 Å². The van der Waals surface area contributed by atoms with E-state index in [1.807, 2.05) is 50.2 Å². The summed E-state index contributed by atoms with van der Waals surface area (Å²) in [5.74, 6) is -0.260. The lowest BCUT2D eigenvalue weighted by molar-refractivity contribution is 0.171. The zero-order chi connectivity index (χ0) is 17.5. The van der Waals surface area contributed by atoms with Crippen molar-refractivity contribution >= 4 is 9.84 Å². The molecule has 2 aromatic rings. The van der Waals surface area contributed by atoms with Gasteiger partial charge in [-0.2, -0.15) is 0 Å². The molecule has 0 amide bonds. The SMILES string of the molecule is COC[C@]1(N)[C@@H](c2ccc(C)cc2)[C@@H]1S(=O)(=O)c1ccc(C)cc1. The van der Waals surface area contributed by atoms with Gasteiger partial charge in [-0.1, -0.05) is 47.5 Å². The van der Waals surface area contributed by atoms with Gasteiger partial charge in [-0.05, 0) is 31.5 Å². The number of rotatable bonds is 5. The molecule has 0 aromatic heterocycles. The molecule has 2 aromatic carbocycles. The highest BCUT2D eigenvalue weighted by Crippen LogP contribution is 2.55. The summed E-state index contributed by atoms with van der Waals surface area (Å²) < 4.78 is 31.5. The van der Waals surface area contributed by atoms with Crippen LogP contribution in [-0.2, 0) is 14.6 Å². The number of ether oxygens (including phenoxy) is 1. The molecule has 3 atom stereocenters. The lowest BCUT2D eigenvalue weighted by Crippen LogP contribution is -2.35. The molecular weight excluding hydrogens is 322 g/mol. The Kier molecular flexibility index (Phi) is 4.28. The van der Waals surface area contributed by atoms with Gasteiger partial charge in [-0.15, -0.1) is 0 Å². The monoisotopic (exact) mass is 345 g/mol. The molecule has 3 rings (SSSR count). The molecule has 0 radical (unpaired) electrons. The molecular formula is C19H23NO3S. The highest BCUT2D eigenvalue weighted by atomic mass is 32.2. The number of hydrogen-bond donors (Lipinski definition) is 1. The minimum atomic E-state index is -3.52. The van der Waals surface area contributed by atoms with Crippen LogP contribution in [0.25, 0.3) is 0 Å². The summed E-state index contributed by atoms with van der Waals surface area (Å²) in [6, 6.07) is 14.8. The van der Waals surface area contributed by atoms with E-state index in [2.05, 4.69) is 0 Å². The number of benzene rings is 2. The average Bonchev–Trinajstić information content (AvgIpc) is 3.15. The molecule has 1 aliphatic rings. The van der Waals surface area contributed by atoms with Crippen molar-refractivity contribution in [3.63, 3.8) is 0 Å². The maximum Gasteiger partial charge on any atom is 0.183 e. The van der Waals surface area contributed by atoms with Crippen LogP contribution in [0.5, 0.6) is 0 Å². The zero-order valence-electron chi connectivity index (χ0n) is 14.2. The molecule has 1 aliphatic carbocycles. The van der Waals surface area contributed by atoms with E-state index < -0.39 is 20.6 Å². The minimum absolute atomic E-state index is 0.210. The minimum Gasteiger partial charge on any atom is -0.383 e. The Balaban J connectivity index is 2.01. The van der Waals surface area contributed by atoms with Crippen LogP contribution in [-0.4, -0.2) is 32.9 Å². The first-order chi connectivity index (χ1) is 11.3. The van der Waals surface area contributed by atoms with Gasteiger partial charge in [0.2, 0.25) is 0 Å². The zero-order valence-corrected chi connectivity index (χ0v) is 15.0. The highest BCUT2D eigenvalue weighted by molar-refractivity contribution is 7.92. The predicted molar refractivity (Wildman–Crippen MR) is 94.9 cm³/mol. The van der Waals surface area contributed by atoms with Crippen molar-refractivity contribution in [2.24, 2.45) is 5.73 Å². The normalized spacial score (nSPS) is 26.3. The first kappa shape index (κ1) is 17.1. The van der Waals surface area contributed by atoms with Crippen LogP contribution in [0.2, 0.25) is 0 Å². The van der Waals surface area contributed by atoms with Gasteiger partial charge in [0.05, 0.1) is 22.3 Å². The fourth-order valence-electron chi connectivity index (χ4n) is 3.45. The molecule has 1 saturated carbocycles. The third kappa shape index (κ3) is 2.77. The second kappa shape index (κ2) is 5.99. The third-order valence-corrected chi connectivity index (χ3v) is 7.13. The van der Waals surface area contributed by atoms with E-state index in [9.17, 15) is 8.42 Å². The van der Waals surface area contributed by atoms with Crippen LogP contribution in [0.1, 0.15) is 22.6 Å². The number of aryl methyl sites for hydroxylation is 2. The molecule has 0 aliphatic heterocycles. The molecule has 128 valence electrons. The van der Waals surface area contributed by atoms with Crippen LogP contribution < -0.4 is 5.73 Å². The summed E-state index contributed by atoms with van der Waals surface area (Å²) in [5.41, 5.74) is 8.67. The molecule has 5 heteroatoms. The summed E-state index contributed by atoms with van der Waals surface area (Å²) in [5, 5.41) is -0.671. The van der Waals surface area contributed by atoms with Crippen LogP contribution >= 0.6 is 0 Å². The van der Waals surface area contributed by atoms with Gasteiger partial charge < -0.3 is 10.5 Å². The van der Waals surface area contributed by atoms with E-state index >= 15 is 0 Å². The fourth-order valence-corrected chi connectivity index (χ4v) is 5.74. The maximum absolute atomic E-state index is 13.1. The standard InChI is InChI=1S/C19H23NO3S/c1-13-4-8-15(9-5-13)17-18(19(17,20)12-23-3)24(21,22)16-10-6-14(2)7-11-16/h4-11,17-18H,12,20H2,1-3H3/t17-,18-,19-/m0/s1. The topological polar surface area (TPSA) is 69.4 Å². The van der Waals surface area contributed by atoms with Crippen LogP contribution in [0.4, 0.5) is 0 Å². The molecule has 0 spiro atoms. The fraction of sp³-hybridized carbons (Fsp3) is 0.368. The summed E-state index contributed by atoms with van der Waals surface area (Å²) in [6.07, 6.45) is 0. The molecule has 0 bridgehead atoms. The van der Waals surface area contributed by atoms with Crippen molar-refractivity contribution in [3.8, 4) is 0 Å². The lowest BCUT2D eigenvalue weighted by Gasteiger charge is -2.11. The first-order valence-corrected chi connectivity index (χ1v) is 9.50. The Hall–Kier alpha value is -1.69. The van der Waals surface area contributed by atoms with Crippen LogP contribution in [0.3, 0.4) is 0 Å². The van der Waals surface area contributed by atoms with E-state index in [-0.39, 0.29) is 12.5 Å². The number of methoxy groups -OCH3 is 1. The van der Waals surface area contributed by atoms with Crippen LogP contribution in [0, 0.1) is 13.8 Å². The number of nitrogens with two attached hydrogens (primary N) is 1. The second-order valence-corrected chi connectivity index (χ2v) is 8.78. The Labute approximate surface area is 143 Å². The molecule has 0 unspecified atom stereocenters. The lowest BCUT2D eigenvalue weighted by atomic mass is 10.1. The molecule has 1 fully saturated rings. The average molecular weight is 345 g/mol. The van der Waals surface area contributed by atoms with Gasteiger partial charge >= 0.3 is 0 Å². The Morgan fingerprint density at radius 1 is 1.00 bits per heavy atom. The van der Waals surface area contributed by atoms with Gasteiger partial charge in [0.1, 0.15) is 0 Å². The van der Waals surface area contributed by atoms with Gasteiger partial charge in [-0.3, -0.25) is 0 Å². The van der Waals surface area contributed by atoms with Gasteiger partial charge in [0.25, 0.3) is 0 Å². The number of hydrogen-bond acceptors (Lipinski definition) is 4. The Morgan fingerprint density at radius 2 is 1.50 bits per heavy atom. The van der Waals surface area contributed by atoms with Gasteiger partial charge in [0, 0.05) is 13.0 Å². The largest absolute Gasteiger partial charge is 0.383 e. The molecule has 0 saturated heterocycles. The van der Waals surface area contributed by atoms with Crippen molar-refractivity contribution in [3.05, 3.63) is 65.2 Å². The predicted octanol–water partition coefficient (Wildman–Crippen LogP) is 2.59. The van der Waals surface area contributed by atoms with Crippen molar-refractivity contribution in [2.45, 2.75) is 35.4 Å². The number of sulfone groups is 1. The van der Waals surface area contributed by atoms with Gasteiger partial charge in [0.15, 0.2) is 9.84 Å². The summed E-state index contributed by atoms with van der Waals surface area (Å²) in [4.78, 5) is 0.318. The van der Waals surface area contributed by atoms with E-state index in [0.717, 1.165) is 16.7 Å². The van der Waals surface area contributed by atoms with Crippen molar-refractivity contribution in [2.75, 3.05) is 13.7 Å². The van der Waals surface area contributed by atoms with E-state index in [1.54, 1.807) is 19.2 Å². The molecule has 4 nitrogen and oxygen atoms in total. The van der Waals surface area contributed by atoms with E-state index in [0.29, 0.717) is 4.90 Å². The summed E-state index contributed by atoms with van der Waals surface area (Å²) >= 11 is 0. The van der Waals surface area contributed by atoms with Crippen LogP contribution in [0.15, 0.2) is 53.4 Å².